The number of rotatable bonds is 10. The number of nitrogens with zero attached hydrogens (tertiary/aromatic N) is 1. The molecule has 34 heavy (non-hydrogen) atoms. The predicted molar refractivity (Wildman–Crippen MR) is 129 cm³/mol. The minimum atomic E-state index is -0.765. The molecule has 178 valence electrons. The highest BCUT2D eigenvalue weighted by atomic mass is 19.1. The van der Waals surface area contributed by atoms with Crippen LogP contribution in [0.2, 0.25) is 0 Å². The van der Waals surface area contributed by atoms with Crippen molar-refractivity contribution in [3.63, 3.8) is 0 Å². The number of benzene rings is 3. The summed E-state index contributed by atoms with van der Waals surface area (Å²) in [5.74, 6) is -1.01. The molecule has 1 unspecified atom stereocenters. The third kappa shape index (κ3) is 7.51. The average molecular weight is 465 g/mol. The second-order valence-electron chi connectivity index (χ2n) is 8.80. The van der Waals surface area contributed by atoms with E-state index in [1.54, 1.807) is 29.2 Å². The Labute approximate surface area is 199 Å². The summed E-state index contributed by atoms with van der Waals surface area (Å²) in [4.78, 5) is 28.4. The lowest BCUT2D eigenvalue weighted by Gasteiger charge is -2.32. The third-order valence-corrected chi connectivity index (χ3v) is 5.49. The van der Waals surface area contributed by atoms with Crippen molar-refractivity contribution in [3.05, 3.63) is 107 Å². The van der Waals surface area contributed by atoms with Gasteiger partial charge in [-0.2, -0.15) is 0 Å². The van der Waals surface area contributed by atoms with Crippen molar-refractivity contribution in [2.45, 2.75) is 39.3 Å². The summed E-state index contributed by atoms with van der Waals surface area (Å²) >= 11 is 0. The van der Waals surface area contributed by atoms with Gasteiger partial charge in [-0.1, -0.05) is 68.4 Å². The zero-order valence-corrected chi connectivity index (χ0v) is 19.5. The van der Waals surface area contributed by atoms with Gasteiger partial charge in [0.25, 0.3) is 0 Å². The van der Waals surface area contributed by atoms with E-state index in [0.29, 0.717) is 24.1 Å². The van der Waals surface area contributed by atoms with Gasteiger partial charge in [0.05, 0.1) is 6.42 Å². The number of carbonyl (C=O) groups excluding carboxylic acids is 2. The molecule has 1 atom stereocenters. The SMILES string of the molecule is CC(C)CNC(=O)C(Cc1ccccc1)N(Cc1ccc(F)cc1)C(=O)Cc1ccc(F)cc1. The van der Waals surface area contributed by atoms with Gasteiger partial charge in [-0.3, -0.25) is 9.59 Å². The normalized spacial score (nSPS) is 11.8. The van der Waals surface area contributed by atoms with E-state index in [-0.39, 0.29) is 42.3 Å². The molecule has 0 fully saturated rings. The molecule has 3 rings (SSSR count). The van der Waals surface area contributed by atoms with Crippen molar-refractivity contribution in [2.24, 2.45) is 5.92 Å². The van der Waals surface area contributed by atoms with Crippen molar-refractivity contribution >= 4 is 11.8 Å². The van der Waals surface area contributed by atoms with Gasteiger partial charge < -0.3 is 10.2 Å². The highest BCUT2D eigenvalue weighted by Crippen LogP contribution is 2.17. The van der Waals surface area contributed by atoms with Crippen LogP contribution in [0.5, 0.6) is 0 Å². The highest BCUT2D eigenvalue weighted by Gasteiger charge is 2.30. The lowest BCUT2D eigenvalue weighted by atomic mass is 10.0. The minimum absolute atomic E-state index is 0.0181. The second-order valence-corrected chi connectivity index (χ2v) is 8.80. The van der Waals surface area contributed by atoms with Crippen LogP contribution in [0.25, 0.3) is 0 Å². The Hall–Kier alpha value is -3.54. The van der Waals surface area contributed by atoms with Gasteiger partial charge in [0.15, 0.2) is 0 Å². The molecule has 2 amide bonds. The lowest BCUT2D eigenvalue weighted by Crippen LogP contribution is -2.51. The van der Waals surface area contributed by atoms with E-state index in [4.69, 9.17) is 0 Å². The molecule has 0 bridgehead atoms. The molecule has 6 heteroatoms. The number of halogens is 2. The van der Waals surface area contributed by atoms with Crippen LogP contribution in [0.4, 0.5) is 8.78 Å². The molecule has 3 aromatic carbocycles. The van der Waals surface area contributed by atoms with Crippen molar-refractivity contribution in [2.75, 3.05) is 6.54 Å². The Kier molecular flexibility index (Phi) is 8.91. The van der Waals surface area contributed by atoms with E-state index in [1.165, 1.54) is 24.3 Å². The molecule has 1 N–H and O–H groups in total. The van der Waals surface area contributed by atoms with Crippen LogP contribution in [0.15, 0.2) is 78.9 Å². The zero-order valence-electron chi connectivity index (χ0n) is 19.5. The Morgan fingerprint density at radius 3 is 1.91 bits per heavy atom. The van der Waals surface area contributed by atoms with Crippen LogP contribution in [-0.4, -0.2) is 29.3 Å². The maximum absolute atomic E-state index is 13.5. The van der Waals surface area contributed by atoms with E-state index in [9.17, 15) is 18.4 Å². The van der Waals surface area contributed by atoms with Crippen LogP contribution in [-0.2, 0) is 29.0 Å². The number of hydrogen-bond donors (Lipinski definition) is 1. The van der Waals surface area contributed by atoms with Gasteiger partial charge >= 0.3 is 0 Å². The molecular formula is C28H30F2N2O2. The van der Waals surface area contributed by atoms with E-state index < -0.39 is 6.04 Å². The van der Waals surface area contributed by atoms with Gasteiger partial charge in [-0.15, -0.1) is 0 Å². The minimum Gasteiger partial charge on any atom is -0.354 e. The predicted octanol–water partition coefficient (Wildman–Crippen LogP) is 4.92. The van der Waals surface area contributed by atoms with Gasteiger partial charge in [-0.25, -0.2) is 8.78 Å². The average Bonchev–Trinajstić information content (AvgIpc) is 2.83. The summed E-state index contributed by atoms with van der Waals surface area (Å²) < 4.78 is 26.8. The first-order valence-electron chi connectivity index (χ1n) is 11.4. The number of hydrogen-bond acceptors (Lipinski definition) is 2. The van der Waals surface area contributed by atoms with E-state index in [2.05, 4.69) is 5.32 Å². The largest absolute Gasteiger partial charge is 0.354 e. The zero-order chi connectivity index (χ0) is 24.5. The summed E-state index contributed by atoms with van der Waals surface area (Å²) in [6.07, 6.45) is 0.353. The maximum Gasteiger partial charge on any atom is 0.243 e. The highest BCUT2D eigenvalue weighted by molar-refractivity contribution is 5.88. The van der Waals surface area contributed by atoms with E-state index in [0.717, 1.165) is 5.56 Å². The Bertz CT molecular complexity index is 1070. The Morgan fingerprint density at radius 1 is 0.794 bits per heavy atom. The van der Waals surface area contributed by atoms with Crippen molar-refractivity contribution in [1.82, 2.24) is 10.2 Å². The fourth-order valence-electron chi connectivity index (χ4n) is 3.64. The van der Waals surface area contributed by atoms with E-state index >= 15 is 0 Å². The molecule has 0 radical (unpaired) electrons. The van der Waals surface area contributed by atoms with Crippen LogP contribution < -0.4 is 5.32 Å². The lowest BCUT2D eigenvalue weighted by molar-refractivity contribution is -0.140. The topological polar surface area (TPSA) is 49.4 Å². The summed E-state index contributed by atoms with van der Waals surface area (Å²) in [5, 5.41) is 2.96. The molecular weight excluding hydrogens is 434 g/mol. The summed E-state index contributed by atoms with van der Waals surface area (Å²) in [6, 6.07) is 20.4. The fourth-order valence-corrected chi connectivity index (χ4v) is 3.64. The summed E-state index contributed by atoms with van der Waals surface area (Å²) in [5.41, 5.74) is 2.28. The molecule has 0 saturated heterocycles. The molecule has 3 aromatic rings. The second kappa shape index (κ2) is 12.1. The van der Waals surface area contributed by atoms with Crippen molar-refractivity contribution in [3.8, 4) is 0 Å². The number of carbonyl (C=O) groups is 2. The smallest absolute Gasteiger partial charge is 0.243 e. The Morgan fingerprint density at radius 2 is 1.35 bits per heavy atom. The molecule has 0 aromatic heterocycles. The van der Waals surface area contributed by atoms with Gasteiger partial charge in [0.2, 0.25) is 11.8 Å². The van der Waals surface area contributed by atoms with Gasteiger partial charge in [-0.05, 0) is 46.9 Å². The molecule has 0 spiro atoms. The number of amides is 2. The van der Waals surface area contributed by atoms with Gasteiger partial charge in [0, 0.05) is 19.5 Å². The first-order chi connectivity index (χ1) is 16.3. The van der Waals surface area contributed by atoms with Crippen LogP contribution in [0.3, 0.4) is 0 Å². The molecule has 0 saturated carbocycles. The number of nitrogens with one attached hydrogen (secondary N) is 1. The van der Waals surface area contributed by atoms with Crippen LogP contribution in [0, 0.1) is 17.6 Å². The fraction of sp³-hybridized carbons (Fsp3) is 0.286. The molecule has 0 aliphatic carbocycles. The third-order valence-electron chi connectivity index (χ3n) is 5.49. The molecule has 0 heterocycles. The Balaban J connectivity index is 1.93. The summed E-state index contributed by atoms with van der Waals surface area (Å²) in [7, 11) is 0. The van der Waals surface area contributed by atoms with Crippen molar-refractivity contribution in [1.29, 1.82) is 0 Å². The van der Waals surface area contributed by atoms with Gasteiger partial charge in [0.1, 0.15) is 17.7 Å². The molecule has 0 aliphatic heterocycles. The quantitative estimate of drug-likeness (QED) is 0.463. The molecule has 4 nitrogen and oxygen atoms in total. The first kappa shape index (κ1) is 25.1. The standard InChI is InChI=1S/C28H30F2N2O2/c1-20(2)18-31-28(34)26(16-21-6-4-3-5-7-21)32(19-23-10-14-25(30)15-11-23)27(33)17-22-8-12-24(29)13-9-22/h3-15,20,26H,16-19H2,1-2H3,(H,31,34). The summed E-state index contributed by atoms with van der Waals surface area (Å²) in [6.45, 7) is 4.64. The van der Waals surface area contributed by atoms with Crippen LogP contribution in [0.1, 0.15) is 30.5 Å². The maximum atomic E-state index is 13.5. The first-order valence-corrected chi connectivity index (χ1v) is 11.4. The monoisotopic (exact) mass is 464 g/mol. The van der Waals surface area contributed by atoms with E-state index in [1.807, 2.05) is 44.2 Å². The van der Waals surface area contributed by atoms with Crippen molar-refractivity contribution < 1.29 is 18.4 Å². The van der Waals surface area contributed by atoms with Crippen LogP contribution >= 0.6 is 0 Å². The molecule has 0 aliphatic rings.